The molecule has 0 spiro atoms. The Labute approximate surface area is 145 Å². The van der Waals surface area contributed by atoms with Crippen LogP contribution < -0.4 is 14.8 Å². The predicted octanol–water partition coefficient (Wildman–Crippen LogP) is 3.23. The molecule has 0 aromatic heterocycles. The van der Waals surface area contributed by atoms with E-state index in [4.69, 9.17) is 9.47 Å². The molecule has 0 aliphatic heterocycles. The van der Waals surface area contributed by atoms with Gasteiger partial charge in [0.2, 0.25) is 5.75 Å². The first kappa shape index (κ1) is 17.0. The van der Waals surface area contributed by atoms with Crippen LogP contribution in [0.2, 0.25) is 0 Å². The summed E-state index contributed by atoms with van der Waals surface area (Å²) in [6, 6.07) is 11.4. The Morgan fingerprint density at radius 2 is 2.09 bits per heavy atom. The summed E-state index contributed by atoms with van der Waals surface area (Å²) in [4.78, 5) is 22.1. The van der Waals surface area contributed by atoms with Gasteiger partial charge in [-0.1, -0.05) is 6.07 Å². The average molecular weight is 428 g/mol. The molecule has 8 heteroatoms. The van der Waals surface area contributed by atoms with E-state index < -0.39 is 4.92 Å². The number of hydrogen-bond donors (Lipinski definition) is 1. The Bertz CT molecular complexity index is 736. The van der Waals surface area contributed by atoms with Crippen molar-refractivity contribution < 1.29 is 19.2 Å². The van der Waals surface area contributed by atoms with Crippen molar-refractivity contribution in [3.8, 4) is 11.5 Å². The first-order valence-corrected chi connectivity index (χ1v) is 7.58. The van der Waals surface area contributed by atoms with Crippen molar-refractivity contribution in [1.29, 1.82) is 0 Å². The number of ether oxygens (including phenoxy) is 2. The predicted molar refractivity (Wildman–Crippen MR) is 92.9 cm³/mol. The van der Waals surface area contributed by atoms with Crippen LogP contribution in [-0.4, -0.2) is 24.5 Å². The molecule has 0 fully saturated rings. The second-order valence-electron chi connectivity index (χ2n) is 4.44. The van der Waals surface area contributed by atoms with Gasteiger partial charge in [-0.2, -0.15) is 0 Å². The molecular weight excluding hydrogens is 415 g/mol. The molecule has 0 radical (unpaired) electrons. The minimum Gasteiger partial charge on any atom is -0.490 e. The second-order valence-corrected chi connectivity index (χ2v) is 5.68. The van der Waals surface area contributed by atoms with E-state index in [-0.39, 0.29) is 24.0 Å². The number of anilines is 1. The fraction of sp³-hybridized carbons (Fsp3) is 0.133. The van der Waals surface area contributed by atoms with Gasteiger partial charge in [-0.25, -0.2) is 0 Å². The summed E-state index contributed by atoms with van der Waals surface area (Å²) < 4.78 is 11.3. The highest BCUT2D eigenvalue weighted by atomic mass is 127. The summed E-state index contributed by atoms with van der Waals surface area (Å²) in [5.74, 6) is 0.0556. The molecule has 0 atom stereocenters. The number of carbonyl (C=O) groups excluding carboxylic acids is 1. The molecule has 0 aliphatic carbocycles. The number of nitrogens with zero attached hydrogens (tertiary/aromatic N) is 1. The van der Waals surface area contributed by atoms with Crippen molar-refractivity contribution in [1.82, 2.24) is 0 Å². The third kappa shape index (κ3) is 4.81. The highest BCUT2D eigenvalue weighted by Crippen LogP contribution is 2.30. The van der Waals surface area contributed by atoms with Gasteiger partial charge in [0.25, 0.3) is 5.91 Å². The van der Waals surface area contributed by atoms with Crippen molar-refractivity contribution in [3.05, 3.63) is 56.1 Å². The quantitative estimate of drug-likeness (QED) is 0.434. The van der Waals surface area contributed by atoms with Crippen molar-refractivity contribution in [2.24, 2.45) is 0 Å². The van der Waals surface area contributed by atoms with Gasteiger partial charge < -0.3 is 14.8 Å². The molecule has 0 bridgehead atoms. The van der Waals surface area contributed by atoms with Gasteiger partial charge in [-0.05, 0) is 46.9 Å². The van der Waals surface area contributed by atoms with Crippen LogP contribution in [0.3, 0.4) is 0 Å². The monoisotopic (exact) mass is 428 g/mol. The SMILES string of the molecule is COc1cc(OCC(=O)Nc2cccc(I)c2)ccc1[N+](=O)[O-]. The molecular formula is C15H13IN2O5. The summed E-state index contributed by atoms with van der Waals surface area (Å²) in [7, 11) is 1.33. The molecule has 0 aliphatic rings. The second kappa shape index (κ2) is 7.77. The van der Waals surface area contributed by atoms with Gasteiger partial charge in [0, 0.05) is 21.4 Å². The van der Waals surface area contributed by atoms with Crippen LogP contribution in [0.4, 0.5) is 11.4 Å². The number of carbonyl (C=O) groups is 1. The van der Waals surface area contributed by atoms with Crippen molar-refractivity contribution >= 4 is 39.9 Å². The smallest absolute Gasteiger partial charge is 0.311 e. The first-order chi connectivity index (χ1) is 11.0. The van der Waals surface area contributed by atoms with Crippen molar-refractivity contribution in [2.75, 3.05) is 19.0 Å². The topological polar surface area (TPSA) is 90.7 Å². The van der Waals surface area contributed by atoms with E-state index in [1.807, 2.05) is 18.2 Å². The normalized spacial score (nSPS) is 10.0. The Hall–Kier alpha value is -2.36. The van der Waals surface area contributed by atoms with Crippen LogP contribution in [0.15, 0.2) is 42.5 Å². The largest absolute Gasteiger partial charge is 0.490 e. The highest BCUT2D eigenvalue weighted by molar-refractivity contribution is 14.1. The average Bonchev–Trinajstić information content (AvgIpc) is 2.52. The molecule has 2 aromatic rings. The van der Waals surface area contributed by atoms with E-state index in [2.05, 4.69) is 27.9 Å². The van der Waals surface area contributed by atoms with Gasteiger partial charge in [-0.15, -0.1) is 0 Å². The van der Waals surface area contributed by atoms with Crippen LogP contribution in [0, 0.1) is 13.7 Å². The van der Waals surface area contributed by atoms with E-state index in [1.54, 1.807) is 6.07 Å². The summed E-state index contributed by atoms with van der Waals surface area (Å²) in [6.07, 6.45) is 0. The van der Waals surface area contributed by atoms with Gasteiger partial charge >= 0.3 is 5.69 Å². The van der Waals surface area contributed by atoms with Crippen molar-refractivity contribution in [2.45, 2.75) is 0 Å². The number of nitro benzene ring substituents is 1. The fourth-order valence-electron chi connectivity index (χ4n) is 1.81. The van der Waals surface area contributed by atoms with E-state index in [0.29, 0.717) is 11.4 Å². The fourth-order valence-corrected chi connectivity index (χ4v) is 2.35. The van der Waals surface area contributed by atoms with Gasteiger partial charge in [0.1, 0.15) is 5.75 Å². The zero-order chi connectivity index (χ0) is 16.8. The lowest BCUT2D eigenvalue weighted by Crippen LogP contribution is -2.20. The molecule has 0 saturated carbocycles. The molecule has 1 amide bonds. The minimum absolute atomic E-state index is 0.0746. The number of amides is 1. The lowest BCUT2D eigenvalue weighted by atomic mass is 10.3. The van der Waals surface area contributed by atoms with Crippen LogP contribution in [0.5, 0.6) is 11.5 Å². The van der Waals surface area contributed by atoms with Crippen LogP contribution in [0.25, 0.3) is 0 Å². The van der Waals surface area contributed by atoms with E-state index in [1.165, 1.54) is 25.3 Å². The van der Waals surface area contributed by atoms with Crippen LogP contribution >= 0.6 is 22.6 Å². The Kier molecular flexibility index (Phi) is 5.74. The molecule has 120 valence electrons. The maximum absolute atomic E-state index is 11.8. The summed E-state index contributed by atoms with van der Waals surface area (Å²) in [6.45, 7) is -0.216. The molecule has 23 heavy (non-hydrogen) atoms. The molecule has 2 aromatic carbocycles. The molecule has 0 unspecified atom stereocenters. The Morgan fingerprint density at radius 3 is 2.74 bits per heavy atom. The molecule has 1 N–H and O–H groups in total. The molecule has 0 heterocycles. The van der Waals surface area contributed by atoms with Gasteiger partial charge in [0.15, 0.2) is 6.61 Å². The lowest BCUT2D eigenvalue weighted by Gasteiger charge is -2.09. The third-order valence-electron chi connectivity index (χ3n) is 2.83. The molecule has 2 rings (SSSR count). The summed E-state index contributed by atoms with van der Waals surface area (Å²) in [5, 5.41) is 13.5. The standard InChI is InChI=1S/C15H13IN2O5/c1-22-14-8-12(5-6-13(14)18(20)21)23-9-15(19)17-11-4-2-3-10(16)7-11/h2-8H,9H2,1H3,(H,17,19). The Morgan fingerprint density at radius 1 is 1.30 bits per heavy atom. The summed E-state index contributed by atoms with van der Waals surface area (Å²) >= 11 is 2.15. The number of rotatable bonds is 6. The summed E-state index contributed by atoms with van der Waals surface area (Å²) in [5.41, 5.74) is 0.509. The molecule has 0 saturated heterocycles. The molecule has 7 nitrogen and oxygen atoms in total. The van der Waals surface area contributed by atoms with E-state index in [0.717, 1.165) is 3.57 Å². The van der Waals surface area contributed by atoms with Gasteiger partial charge in [-0.3, -0.25) is 14.9 Å². The first-order valence-electron chi connectivity index (χ1n) is 6.50. The van der Waals surface area contributed by atoms with Crippen LogP contribution in [-0.2, 0) is 4.79 Å². The number of nitrogens with one attached hydrogen (secondary N) is 1. The third-order valence-corrected chi connectivity index (χ3v) is 3.50. The van der Waals surface area contributed by atoms with Crippen LogP contribution in [0.1, 0.15) is 0 Å². The maximum Gasteiger partial charge on any atom is 0.311 e. The Balaban J connectivity index is 1.97. The lowest BCUT2D eigenvalue weighted by molar-refractivity contribution is -0.385. The number of benzene rings is 2. The highest BCUT2D eigenvalue weighted by Gasteiger charge is 2.15. The number of halogens is 1. The minimum atomic E-state index is -0.549. The zero-order valence-electron chi connectivity index (χ0n) is 12.1. The number of hydrogen-bond acceptors (Lipinski definition) is 5. The number of methoxy groups -OCH3 is 1. The van der Waals surface area contributed by atoms with Gasteiger partial charge in [0.05, 0.1) is 12.0 Å². The number of nitro groups is 1. The van der Waals surface area contributed by atoms with Crippen molar-refractivity contribution in [3.63, 3.8) is 0 Å². The zero-order valence-corrected chi connectivity index (χ0v) is 14.3. The van der Waals surface area contributed by atoms with E-state index >= 15 is 0 Å². The van der Waals surface area contributed by atoms with E-state index in [9.17, 15) is 14.9 Å². The maximum atomic E-state index is 11.8.